The zero-order valence-electron chi connectivity index (χ0n) is 13.6. The number of piperidine rings is 1. The fourth-order valence-electron chi connectivity index (χ4n) is 3.34. The summed E-state index contributed by atoms with van der Waals surface area (Å²) in [6, 6.07) is 8.03. The number of hydrogen-bond donors (Lipinski definition) is 1. The van der Waals surface area contributed by atoms with Crippen LogP contribution in [0, 0.1) is 11.7 Å². The van der Waals surface area contributed by atoms with E-state index in [-0.39, 0.29) is 5.82 Å². The highest BCUT2D eigenvalue weighted by Gasteiger charge is 2.25. The molecule has 2 nitrogen and oxygen atoms in total. The summed E-state index contributed by atoms with van der Waals surface area (Å²) in [5.41, 5.74) is 1.25. The summed E-state index contributed by atoms with van der Waals surface area (Å²) in [5.74, 6) is 0.585. The SMILES string of the molecule is CCC(c1ccc(F)cc1)N1CCCC(CNC(C)C)C1. The van der Waals surface area contributed by atoms with E-state index in [1.807, 2.05) is 12.1 Å². The van der Waals surface area contributed by atoms with Gasteiger partial charge in [-0.2, -0.15) is 0 Å². The predicted molar refractivity (Wildman–Crippen MR) is 86.9 cm³/mol. The lowest BCUT2D eigenvalue weighted by atomic mass is 9.93. The minimum absolute atomic E-state index is 0.147. The molecule has 1 saturated heterocycles. The minimum atomic E-state index is -0.147. The van der Waals surface area contributed by atoms with E-state index in [9.17, 15) is 4.39 Å². The van der Waals surface area contributed by atoms with Crippen LogP contribution in [0.1, 0.15) is 51.6 Å². The molecule has 0 aliphatic carbocycles. The highest BCUT2D eigenvalue weighted by Crippen LogP contribution is 2.29. The largest absolute Gasteiger partial charge is 0.314 e. The highest BCUT2D eigenvalue weighted by atomic mass is 19.1. The molecule has 0 bridgehead atoms. The van der Waals surface area contributed by atoms with Crippen LogP contribution < -0.4 is 5.32 Å². The highest BCUT2D eigenvalue weighted by molar-refractivity contribution is 5.20. The summed E-state index contributed by atoms with van der Waals surface area (Å²) in [5, 5.41) is 3.56. The zero-order valence-corrected chi connectivity index (χ0v) is 13.6. The van der Waals surface area contributed by atoms with E-state index in [0.29, 0.717) is 12.1 Å². The number of rotatable bonds is 6. The van der Waals surface area contributed by atoms with E-state index in [0.717, 1.165) is 32.0 Å². The lowest BCUT2D eigenvalue weighted by molar-refractivity contribution is 0.118. The van der Waals surface area contributed by atoms with E-state index in [1.165, 1.54) is 18.4 Å². The second-order valence-electron chi connectivity index (χ2n) is 6.54. The van der Waals surface area contributed by atoms with Gasteiger partial charge in [-0.25, -0.2) is 4.39 Å². The zero-order chi connectivity index (χ0) is 15.2. The van der Waals surface area contributed by atoms with Crippen molar-refractivity contribution < 1.29 is 4.39 Å². The predicted octanol–water partition coefficient (Wildman–Crippen LogP) is 3.99. The molecule has 1 aromatic carbocycles. The molecule has 1 aliphatic rings. The van der Waals surface area contributed by atoms with Gasteiger partial charge in [0.1, 0.15) is 5.82 Å². The minimum Gasteiger partial charge on any atom is -0.314 e. The molecule has 2 rings (SSSR count). The third-order valence-electron chi connectivity index (χ3n) is 4.45. The molecule has 1 aromatic rings. The lowest BCUT2D eigenvalue weighted by Gasteiger charge is -2.38. The van der Waals surface area contributed by atoms with Crippen molar-refractivity contribution >= 4 is 0 Å². The van der Waals surface area contributed by atoms with Crippen molar-refractivity contribution in [3.63, 3.8) is 0 Å². The first-order valence-electron chi connectivity index (χ1n) is 8.33. The first kappa shape index (κ1) is 16.4. The number of halogens is 1. The summed E-state index contributed by atoms with van der Waals surface area (Å²) in [4.78, 5) is 2.59. The monoisotopic (exact) mass is 292 g/mol. The van der Waals surface area contributed by atoms with E-state index in [4.69, 9.17) is 0 Å². The maximum Gasteiger partial charge on any atom is 0.123 e. The molecule has 0 aromatic heterocycles. The molecule has 1 fully saturated rings. The Kier molecular flexibility index (Phi) is 6.19. The molecule has 1 aliphatic heterocycles. The first-order valence-corrected chi connectivity index (χ1v) is 8.33. The Labute approximate surface area is 128 Å². The van der Waals surface area contributed by atoms with Crippen molar-refractivity contribution in [2.24, 2.45) is 5.92 Å². The quantitative estimate of drug-likeness (QED) is 0.853. The molecule has 2 atom stereocenters. The molecule has 118 valence electrons. The van der Waals surface area contributed by atoms with Crippen molar-refractivity contribution in [2.75, 3.05) is 19.6 Å². The summed E-state index contributed by atoms with van der Waals surface area (Å²) in [7, 11) is 0. The van der Waals surface area contributed by atoms with Gasteiger partial charge in [0.05, 0.1) is 0 Å². The van der Waals surface area contributed by atoms with Crippen LogP contribution in [0.5, 0.6) is 0 Å². The smallest absolute Gasteiger partial charge is 0.123 e. The van der Waals surface area contributed by atoms with Gasteiger partial charge in [0.15, 0.2) is 0 Å². The molecule has 1 heterocycles. The number of likely N-dealkylation sites (tertiary alicyclic amines) is 1. The lowest BCUT2D eigenvalue weighted by Crippen LogP contribution is -2.42. The summed E-state index contributed by atoms with van der Waals surface area (Å²) in [6.07, 6.45) is 3.66. The molecule has 21 heavy (non-hydrogen) atoms. The van der Waals surface area contributed by atoms with E-state index in [2.05, 4.69) is 31.0 Å². The van der Waals surface area contributed by atoms with Crippen LogP contribution in [-0.2, 0) is 0 Å². The van der Waals surface area contributed by atoms with Gasteiger partial charge in [-0.1, -0.05) is 32.9 Å². The summed E-state index contributed by atoms with van der Waals surface area (Å²) in [6.45, 7) is 10.0. The molecule has 3 heteroatoms. The number of benzene rings is 1. The van der Waals surface area contributed by atoms with Crippen molar-refractivity contribution in [3.8, 4) is 0 Å². The number of nitrogens with zero attached hydrogens (tertiary/aromatic N) is 1. The van der Waals surface area contributed by atoms with Crippen molar-refractivity contribution in [1.82, 2.24) is 10.2 Å². The normalized spacial score (nSPS) is 21.7. The van der Waals surface area contributed by atoms with Crippen LogP contribution in [-0.4, -0.2) is 30.6 Å². The standard InChI is InChI=1S/C18H29FN2/c1-4-18(16-7-9-17(19)10-8-16)21-11-5-6-15(13-21)12-20-14(2)3/h7-10,14-15,18,20H,4-6,11-13H2,1-3H3. The number of hydrogen-bond acceptors (Lipinski definition) is 2. The Bertz CT molecular complexity index is 416. The van der Waals surface area contributed by atoms with Crippen LogP contribution in [0.25, 0.3) is 0 Å². The summed E-state index contributed by atoms with van der Waals surface area (Å²) < 4.78 is 13.1. The van der Waals surface area contributed by atoms with Gasteiger partial charge in [-0.05, 0) is 56.0 Å². The average molecular weight is 292 g/mol. The average Bonchev–Trinajstić information content (AvgIpc) is 2.48. The van der Waals surface area contributed by atoms with Crippen molar-refractivity contribution in [1.29, 1.82) is 0 Å². The van der Waals surface area contributed by atoms with E-state index >= 15 is 0 Å². The summed E-state index contributed by atoms with van der Waals surface area (Å²) >= 11 is 0. The molecule has 2 unspecified atom stereocenters. The molecular weight excluding hydrogens is 263 g/mol. The Morgan fingerprint density at radius 1 is 1.29 bits per heavy atom. The van der Waals surface area contributed by atoms with Crippen LogP contribution in [0.2, 0.25) is 0 Å². The van der Waals surface area contributed by atoms with Gasteiger partial charge in [0, 0.05) is 18.6 Å². The first-order chi connectivity index (χ1) is 10.1. The second kappa shape index (κ2) is 7.90. The van der Waals surface area contributed by atoms with E-state index < -0.39 is 0 Å². The topological polar surface area (TPSA) is 15.3 Å². The molecule has 0 spiro atoms. The van der Waals surface area contributed by atoms with Gasteiger partial charge in [0.25, 0.3) is 0 Å². The Hall–Kier alpha value is -0.930. The maximum absolute atomic E-state index is 13.1. The van der Waals surface area contributed by atoms with Crippen LogP contribution in [0.4, 0.5) is 4.39 Å². The Balaban J connectivity index is 1.99. The third kappa shape index (κ3) is 4.79. The van der Waals surface area contributed by atoms with Gasteiger partial charge in [-0.3, -0.25) is 4.90 Å². The van der Waals surface area contributed by atoms with Crippen molar-refractivity contribution in [3.05, 3.63) is 35.6 Å². The van der Waals surface area contributed by atoms with Gasteiger partial charge < -0.3 is 5.32 Å². The van der Waals surface area contributed by atoms with Crippen molar-refractivity contribution in [2.45, 2.75) is 52.1 Å². The van der Waals surface area contributed by atoms with Crippen LogP contribution in [0.15, 0.2) is 24.3 Å². The van der Waals surface area contributed by atoms with Gasteiger partial charge >= 0.3 is 0 Å². The van der Waals surface area contributed by atoms with Crippen LogP contribution >= 0.6 is 0 Å². The fraction of sp³-hybridized carbons (Fsp3) is 0.667. The molecule has 0 saturated carbocycles. The third-order valence-corrected chi connectivity index (χ3v) is 4.45. The van der Waals surface area contributed by atoms with Gasteiger partial charge in [-0.15, -0.1) is 0 Å². The molecule has 0 radical (unpaired) electrons. The number of nitrogens with one attached hydrogen (secondary N) is 1. The Morgan fingerprint density at radius 3 is 2.62 bits per heavy atom. The fourth-order valence-corrected chi connectivity index (χ4v) is 3.34. The van der Waals surface area contributed by atoms with E-state index in [1.54, 1.807) is 12.1 Å². The van der Waals surface area contributed by atoms with Gasteiger partial charge in [0.2, 0.25) is 0 Å². The molecule has 0 amide bonds. The maximum atomic E-state index is 13.1. The Morgan fingerprint density at radius 2 is 2.00 bits per heavy atom. The molecular formula is C18H29FN2. The van der Waals surface area contributed by atoms with Crippen LogP contribution in [0.3, 0.4) is 0 Å². The second-order valence-corrected chi connectivity index (χ2v) is 6.54. The molecule has 1 N–H and O–H groups in total.